The topological polar surface area (TPSA) is 81.8 Å². The fourth-order valence-corrected chi connectivity index (χ4v) is 0.773. The highest BCUT2D eigenvalue weighted by atomic mass is 16.6. The van der Waals surface area contributed by atoms with Crippen molar-refractivity contribution in [2.75, 3.05) is 19.8 Å². The molecule has 0 aromatic rings. The third-order valence-corrected chi connectivity index (χ3v) is 1.27. The minimum atomic E-state index is -0.933. The van der Waals surface area contributed by atoms with Gasteiger partial charge in [-0.3, -0.25) is 0 Å². The van der Waals surface area contributed by atoms with Crippen LogP contribution in [0.5, 0.6) is 0 Å². The lowest BCUT2D eigenvalue weighted by molar-refractivity contribution is -0.170. The first kappa shape index (κ1) is 13.4. The largest absolute Gasteiger partial charge is 0.458 e. The molecule has 5 nitrogen and oxygen atoms in total. The molecule has 0 aliphatic rings. The lowest BCUT2D eigenvalue weighted by Crippen LogP contribution is -2.36. The van der Waals surface area contributed by atoms with Gasteiger partial charge in [0, 0.05) is 6.54 Å². The van der Waals surface area contributed by atoms with Crippen LogP contribution >= 0.6 is 0 Å². The first-order chi connectivity index (χ1) is 6.40. The van der Waals surface area contributed by atoms with E-state index in [4.69, 9.17) is 20.3 Å². The Balaban J connectivity index is 4.04. The predicted octanol–water partition coefficient (Wildman–Crippen LogP) is -0.336. The first-order valence-electron chi connectivity index (χ1n) is 4.56. The summed E-state index contributed by atoms with van der Waals surface area (Å²) in [5.41, 5.74) is 4.63. The number of aliphatic hydroxyl groups is 1. The van der Waals surface area contributed by atoms with Gasteiger partial charge in [-0.1, -0.05) is 0 Å². The maximum atomic E-state index is 11.3. The van der Waals surface area contributed by atoms with Gasteiger partial charge in [0.2, 0.25) is 0 Å². The smallest absolute Gasteiger partial charge is 0.338 e. The molecule has 0 bridgehead atoms. The normalized spacial score (nSPS) is 13.8. The Morgan fingerprint density at radius 1 is 1.50 bits per heavy atom. The van der Waals surface area contributed by atoms with E-state index in [1.807, 2.05) is 0 Å². The van der Waals surface area contributed by atoms with E-state index in [1.165, 1.54) is 0 Å². The second kappa shape index (κ2) is 5.95. The molecule has 0 heterocycles. The van der Waals surface area contributed by atoms with Gasteiger partial charge in [0.15, 0.2) is 6.10 Å². The molecule has 84 valence electrons. The number of nitrogens with two attached hydrogens (primary N) is 1. The van der Waals surface area contributed by atoms with Gasteiger partial charge >= 0.3 is 5.97 Å². The van der Waals surface area contributed by atoms with Crippen LogP contribution in [0.3, 0.4) is 0 Å². The Kier molecular flexibility index (Phi) is 5.68. The molecule has 0 aromatic carbocycles. The Hall–Kier alpha value is -0.650. The van der Waals surface area contributed by atoms with E-state index in [0.717, 1.165) is 0 Å². The molecule has 5 heteroatoms. The Labute approximate surface area is 84.2 Å². The Bertz CT molecular complexity index is 176. The standard InChI is InChI=1S/C9H19NO4/c1-9(2,3)14-8(12)7(6-11)13-5-4-10/h7,11H,4-6,10H2,1-3H3. The van der Waals surface area contributed by atoms with Gasteiger partial charge in [0.25, 0.3) is 0 Å². The summed E-state index contributed by atoms with van der Waals surface area (Å²) in [5.74, 6) is -0.562. The third-order valence-electron chi connectivity index (χ3n) is 1.27. The highest BCUT2D eigenvalue weighted by Crippen LogP contribution is 2.09. The highest BCUT2D eigenvalue weighted by molar-refractivity contribution is 5.75. The van der Waals surface area contributed by atoms with Gasteiger partial charge in [0.05, 0.1) is 13.2 Å². The minimum absolute atomic E-state index is 0.227. The van der Waals surface area contributed by atoms with Gasteiger partial charge in [-0.2, -0.15) is 0 Å². The summed E-state index contributed by atoms with van der Waals surface area (Å²) in [5, 5.41) is 8.85. The lowest BCUT2D eigenvalue weighted by Gasteiger charge is -2.22. The van der Waals surface area contributed by atoms with Gasteiger partial charge in [0.1, 0.15) is 5.60 Å². The molecule has 0 fully saturated rings. The molecule has 0 saturated heterocycles. The minimum Gasteiger partial charge on any atom is -0.458 e. The van der Waals surface area contributed by atoms with Crippen LogP contribution in [0.4, 0.5) is 0 Å². The number of hydrogen-bond acceptors (Lipinski definition) is 5. The predicted molar refractivity (Wildman–Crippen MR) is 51.7 cm³/mol. The van der Waals surface area contributed by atoms with E-state index in [2.05, 4.69) is 0 Å². The van der Waals surface area contributed by atoms with Gasteiger partial charge < -0.3 is 20.3 Å². The number of hydrogen-bond donors (Lipinski definition) is 2. The zero-order valence-corrected chi connectivity index (χ0v) is 8.95. The number of aliphatic hydroxyl groups excluding tert-OH is 1. The second-order valence-electron chi connectivity index (χ2n) is 3.86. The zero-order valence-electron chi connectivity index (χ0n) is 8.95. The number of carbonyl (C=O) groups excluding carboxylic acids is 1. The van der Waals surface area contributed by atoms with E-state index in [9.17, 15) is 4.79 Å². The van der Waals surface area contributed by atoms with Crippen LogP contribution < -0.4 is 5.73 Å². The van der Waals surface area contributed by atoms with Gasteiger partial charge in [-0.25, -0.2) is 4.79 Å². The van der Waals surface area contributed by atoms with Gasteiger partial charge in [-0.05, 0) is 20.8 Å². The summed E-state index contributed by atoms with van der Waals surface area (Å²) >= 11 is 0. The van der Waals surface area contributed by atoms with Crippen LogP contribution in [0.25, 0.3) is 0 Å². The van der Waals surface area contributed by atoms with Crippen molar-refractivity contribution >= 4 is 5.97 Å². The van der Waals surface area contributed by atoms with Crippen LogP contribution in [0.1, 0.15) is 20.8 Å². The maximum absolute atomic E-state index is 11.3. The molecular weight excluding hydrogens is 186 g/mol. The molecule has 1 atom stereocenters. The summed E-state index contributed by atoms with van der Waals surface area (Å²) in [7, 11) is 0. The number of carbonyl (C=O) groups is 1. The molecule has 0 aliphatic heterocycles. The molecular formula is C9H19NO4. The van der Waals surface area contributed by atoms with Crippen molar-refractivity contribution in [3.8, 4) is 0 Å². The molecule has 1 unspecified atom stereocenters. The molecule has 0 rings (SSSR count). The highest BCUT2D eigenvalue weighted by Gasteiger charge is 2.24. The zero-order chi connectivity index (χ0) is 11.2. The fraction of sp³-hybridized carbons (Fsp3) is 0.889. The van der Waals surface area contributed by atoms with Crippen molar-refractivity contribution in [2.45, 2.75) is 32.5 Å². The summed E-state index contributed by atoms with van der Waals surface area (Å²) in [6.45, 7) is 5.39. The van der Waals surface area contributed by atoms with Crippen LogP contribution in [-0.2, 0) is 14.3 Å². The number of esters is 1. The first-order valence-corrected chi connectivity index (χ1v) is 4.56. The number of ether oxygens (including phenoxy) is 2. The Morgan fingerprint density at radius 3 is 2.43 bits per heavy atom. The van der Waals surface area contributed by atoms with Crippen molar-refractivity contribution in [1.29, 1.82) is 0 Å². The molecule has 0 radical (unpaired) electrons. The van der Waals surface area contributed by atoms with E-state index in [1.54, 1.807) is 20.8 Å². The van der Waals surface area contributed by atoms with Crippen molar-refractivity contribution in [3.05, 3.63) is 0 Å². The van der Waals surface area contributed by atoms with E-state index >= 15 is 0 Å². The molecule has 0 amide bonds. The van der Waals surface area contributed by atoms with Crippen molar-refractivity contribution in [2.24, 2.45) is 5.73 Å². The fourth-order valence-electron chi connectivity index (χ4n) is 0.773. The lowest BCUT2D eigenvalue weighted by atomic mass is 10.2. The average Bonchev–Trinajstić information content (AvgIpc) is 2.02. The quantitative estimate of drug-likeness (QED) is 0.600. The molecule has 0 spiro atoms. The second-order valence-corrected chi connectivity index (χ2v) is 3.86. The van der Waals surface area contributed by atoms with Crippen molar-refractivity contribution < 1.29 is 19.4 Å². The number of rotatable bonds is 5. The van der Waals surface area contributed by atoms with Crippen LogP contribution in [0, 0.1) is 0 Å². The van der Waals surface area contributed by atoms with Crippen LogP contribution in [-0.4, -0.2) is 42.5 Å². The van der Waals surface area contributed by atoms with E-state index in [0.29, 0.717) is 6.54 Å². The molecule has 0 aromatic heterocycles. The summed E-state index contributed by atoms with van der Waals surface area (Å²) in [4.78, 5) is 11.3. The van der Waals surface area contributed by atoms with Crippen LogP contribution in [0.2, 0.25) is 0 Å². The van der Waals surface area contributed by atoms with E-state index < -0.39 is 24.3 Å². The van der Waals surface area contributed by atoms with E-state index in [-0.39, 0.29) is 6.61 Å². The summed E-state index contributed by atoms with van der Waals surface area (Å²) in [6, 6.07) is 0. The average molecular weight is 205 g/mol. The summed E-state index contributed by atoms with van der Waals surface area (Å²) in [6.07, 6.45) is -0.933. The molecule has 14 heavy (non-hydrogen) atoms. The maximum Gasteiger partial charge on any atom is 0.338 e. The summed E-state index contributed by atoms with van der Waals surface area (Å²) < 4.78 is 10.0. The molecule has 3 N–H and O–H groups in total. The monoisotopic (exact) mass is 205 g/mol. The van der Waals surface area contributed by atoms with Crippen LogP contribution in [0.15, 0.2) is 0 Å². The SMILES string of the molecule is CC(C)(C)OC(=O)C(CO)OCCN. The van der Waals surface area contributed by atoms with Crippen molar-refractivity contribution in [3.63, 3.8) is 0 Å². The van der Waals surface area contributed by atoms with Gasteiger partial charge in [-0.15, -0.1) is 0 Å². The molecule has 0 saturated carbocycles. The third kappa shape index (κ3) is 5.90. The molecule has 0 aliphatic carbocycles. The Morgan fingerprint density at radius 2 is 2.07 bits per heavy atom. The van der Waals surface area contributed by atoms with Crippen molar-refractivity contribution in [1.82, 2.24) is 0 Å².